The number of carbonyl (C=O) groups excluding carboxylic acids is 1. The van der Waals surface area contributed by atoms with Crippen molar-refractivity contribution in [2.75, 3.05) is 18.1 Å². The SMILES string of the molecule is CCc1c(C(=O)NC[C@@H]2CCS(=O)(=O)C2)cnn1-c1ccccc1. The third-order valence-corrected chi connectivity index (χ3v) is 6.16. The molecule has 1 fully saturated rings. The number of aromatic nitrogens is 2. The van der Waals surface area contributed by atoms with Gasteiger partial charge in [-0.3, -0.25) is 4.79 Å². The molecule has 1 saturated heterocycles. The van der Waals surface area contributed by atoms with Crippen molar-refractivity contribution in [2.24, 2.45) is 5.92 Å². The highest BCUT2D eigenvalue weighted by molar-refractivity contribution is 7.91. The Morgan fingerprint density at radius 3 is 2.71 bits per heavy atom. The summed E-state index contributed by atoms with van der Waals surface area (Å²) in [4.78, 5) is 12.5. The smallest absolute Gasteiger partial charge is 0.254 e. The largest absolute Gasteiger partial charge is 0.352 e. The molecule has 1 aromatic heterocycles. The lowest BCUT2D eigenvalue weighted by Gasteiger charge is -2.11. The standard InChI is InChI=1S/C17H21N3O3S/c1-2-16-15(11-19-20(16)14-6-4-3-5-7-14)17(21)18-10-13-8-9-24(22,23)12-13/h3-7,11,13H,2,8-10,12H2,1H3,(H,18,21)/t13-/m0/s1. The van der Waals surface area contributed by atoms with Crippen LogP contribution >= 0.6 is 0 Å². The first-order chi connectivity index (χ1) is 11.5. The zero-order valence-electron chi connectivity index (χ0n) is 13.6. The second-order valence-corrected chi connectivity index (χ2v) is 8.31. The average molecular weight is 347 g/mol. The zero-order valence-corrected chi connectivity index (χ0v) is 14.4. The monoisotopic (exact) mass is 347 g/mol. The Labute approximate surface area is 141 Å². The van der Waals surface area contributed by atoms with Gasteiger partial charge in [-0.05, 0) is 30.9 Å². The van der Waals surface area contributed by atoms with Crippen molar-refractivity contribution >= 4 is 15.7 Å². The predicted molar refractivity (Wildman–Crippen MR) is 92.0 cm³/mol. The Hall–Kier alpha value is -2.15. The average Bonchev–Trinajstić information content (AvgIpc) is 3.16. The van der Waals surface area contributed by atoms with E-state index in [9.17, 15) is 13.2 Å². The van der Waals surface area contributed by atoms with Gasteiger partial charge < -0.3 is 5.32 Å². The van der Waals surface area contributed by atoms with E-state index in [4.69, 9.17) is 0 Å². The molecule has 2 heterocycles. The molecule has 6 nitrogen and oxygen atoms in total. The molecule has 3 rings (SSSR count). The first-order valence-electron chi connectivity index (χ1n) is 8.11. The molecule has 1 aromatic carbocycles. The van der Waals surface area contributed by atoms with Crippen molar-refractivity contribution < 1.29 is 13.2 Å². The van der Waals surface area contributed by atoms with Crippen LogP contribution < -0.4 is 5.32 Å². The van der Waals surface area contributed by atoms with Crippen molar-refractivity contribution in [1.29, 1.82) is 0 Å². The summed E-state index contributed by atoms with van der Waals surface area (Å²) in [5, 5.41) is 7.20. The van der Waals surface area contributed by atoms with Crippen LogP contribution in [-0.2, 0) is 16.3 Å². The van der Waals surface area contributed by atoms with Gasteiger partial charge in [-0.15, -0.1) is 0 Å². The second kappa shape index (κ2) is 6.76. The number of amides is 1. The summed E-state index contributed by atoms with van der Waals surface area (Å²) in [6, 6.07) is 9.67. The topological polar surface area (TPSA) is 81.1 Å². The quantitative estimate of drug-likeness (QED) is 0.891. The molecule has 128 valence electrons. The van der Waals surface area contributed by atoms with Crippen LogP contribution in [0.2, 0.25) is 0 Å². The van der Waals surface area contributed by atoms with Crippen molar-refractivity contribution in [3.63, 3.8) is 0 Å². The minimum atomic E-state index is -2.92. The van der Waals surface area contributed by atoms with Crippen LogP contribution in [0.25, 0.3) is 5.69 Å². The minimum absolute atomic E-state index is 0.00759. The molecule has 1 aliphatic heterocycles. The van der Waals surface area contributed by atoms with Gasteiger partial charge in [0.25, 0.3) is 5.91 Å². The molecule has 1 N–H and O–H groups in total. The molecule has 2 aromatic rings. The van der Waals surface area contributed by atoms with E-state index in [-0.39, 0.29) is 23.3 Å². The maximum Gasteiger partial charge on any atom is 0.254 e. The Kier molecular flexibility index (Phi) is 4.71. The molecule has 7 heteroatoms. The van der Waals surface area contributed by atoms with Gasteiger partial charge in [-0.25, -0.2) is 13.1 Å². The van der Waals surface area contributed by atoms with E-state index >= 15 is 0 Å². The molecule has 1 amide bonds. The number of benzene rings is 1. The molecular weight excluding hydrogens is 326 g/mol. The van der Waals surface area contributed by atoms with Crippen LogP contribution in [-0.4, -0.2) is 42.2 Å². The number of carbonyl (C=O) groups is 1. The van der Waals surface area contributed by atoms with E-state index in [1.165, 1.54) is 0 Å². The Bertz CT molecular complexity index is 828. The molecule has 1 aliphatic rings. The van der Waals surface area contributed by atoms with Crippen LogP contribution in [0.3, 0.4) is 0 Å². The van der Waals surface area contributed by atoms with E-state index in [0.29, 0.717) is 24.9 Å². The number of sulfone groups is 1. The first-order valence-corrected chi connectivity index (χ1v) is 9.93. The van der Waals surface area contributed by atoms with Crippen molar-refractivity contribution in [2.45, 2.75) is 19.8 Å². The van der Waals surface area contributed by atoms with Gasteiger partial charge in [0.05, 0.1) is 34.6 Å². The molecule has 0 spiro atoms. The van der Waals surface area contributed by atoms with Gasteiger partial charge in [0.1, 0.15) is 0 Å². The molecule has 1 atom stereocenters. The lowest BCUT2D eigenvalue weighted by Crippen LogP contribution is -2.30. The van der Waals surface area contributed by atoms with Gasteiger partial charge in [-0.1, -0.05) is 25.1 Å². The lowest BCUT2D eigenvalue weighted by atomic mass is 10.1. The fraction of sp³-hybridized carbons (Fsp3) is 0.412. The van der Waals surface area contributed by atoms with Crippen molar-refractivity contribution in [3.05, 3.63) is 47.8 Å². The highest BCUT2D eigenvalue weighted by Crippen LogP contribution is 2.19. The summed E-state index contributed by atoms with van der Waals surface area (Å²) in [6.45, 7) is 2.37. The van der Waals surface area contributed by atoms with Crippen LogP contribution in [0.1, 0.15) is 29.4 Å². The van der Waals surface area contributed by atoms with E-state index in [1.807, 2.05) is 37.3 Å². The molecule has 24 heavy (non-hydrogen) atoms. The number of nitrogens with one attached hydrogen (secondary N) is 1. The molecule has 0 saturated carbocycles. The summed E-state index contributed by atoms with van der Waals surface area (Å²) in [5.41, 5.74) is 2.30. The highest BCUT2D eigenvalue weighted by atomic mass is 32.2. The van der Waals surface area contributed by atoms with Crippen LogP contribution in [0.15, 0.2) is 36.5 Å². The van der Waals surface area contributed by atoms with Gasteiger partial charge in [0, 0.05) is 6.54 Å². The fourth-order valence-electron chi connectivity index (χ4n) is 3.06. The van der Waals surface area contributed by atoms with E-state index in [2.05, 4.69) is 10.4 Å². The molecule has 0 unspecified atom stereocenters. The molecule has 0 radical (unpaired) electrons. The molecule has 0 bridgehead atoms. The number of hydrogen-bond donors (Lipinski definition) is 1. The maximum atomic E-state index is 12.5. The number of nitrogens with zero attached hydrogens (tertiary/aromatic N) is 2. The van der Waals surface area contributed by atoms with Crippen LogP contribution in [0.4, 0.5) is 0 Å². The van der Waals surface area contributed by atoms with Crippen LogP contribution in [0, 0.1) is 5.92 Å². The number of hydrogen-bond acceptors (Lipinski definition) is 4. The normalized spacial score (nSPS) is 19.3. The lowest BCUT2D eigenvalue weighted by molar-refractivity contribution is 0.0947. The predicted octanol–water partition coefficient (Wildman–Crippen LogP) is 1.60. The Balaban J connectivity index is 1.73. The zero-order chi connectivity index (χ0) is 17.2. The van der Waals surface area contributed by atoms with Gasteiger partial charge in [0.15, 0.2) is 9.84 Å². The summed E-state index contributed by atoms with van der Waals surface area (Å²) in [7, 11) is -2.92. The molecule has 0 aliphatic carbocycles. The van der Waals surface area contributed by atoms with E-state index in [1.54, 1.807) is 10.9 Å². The van der Waals surface area contributed by atoms with Gasteiger partial charge in [-0.2, -0.15) is 5.10 Å². The summed E-state index contributed by atoms with van der Waals surface area (Å²) in [5.74, 6) is 0.197. The van der Waals surface area contributed by atoms with Crippen molar-refractivity contribution in [3.8, 4) is 5.69 Å². The third-order valence-electron chi connectivity index (χ3n) is 4.33. The number of rotatable bonds is 5. The number of para-hydroxylation sites is 1. The first kappa shape index (κ1) is 16.7. The fourth-order valence-corrected chi connectivity index (χ4v) is 4.92. The highest BCUT2D eigenvalue weighted by Gasteiger charge is 2.28. The summed E-state index contributed by atoms with van der Waals surface area (Å²) >= 11 is 0. The third kappa shape index (κ3) is 3.51. The summed E-state index contributed by atoms with van der Waals surface area (Å²) < 4.78 is 24.8. The minimum Gasteiger partial charge on any atom is -0.352 e. The Morgan fingerprint density at radius 1 is 1.33 bits per heavy atom. The van der Waals surface area contributed by atoms with E-state index in [0.717, 1.165) is 11.4 Å². The second-order valence-electron chi connectivity index (χ2n) is 6.08. The van der Waals surface area contributed by atoms with E-state index < -0.39 is 9.84 Å². The maximum absolute atomic E-state index is 12.5. The summed E-state index contributed by atoms with van der Waals surface area (Å²) in [6.07, 6.45) is 2.87. The Morgan fingerprint density at radius 2 is 2.08 bits per heavy atom. The van der Waals surface area contributed by atoms with Gasteiger partial charge in [0.2, 0.25) is 0 Å². The van der Waals surface area contributed by atoms with Gasteiger partial charge >= 0.3 is 0 Å². The van der Waals surface area contributed by atoms with Crippen LogP contribution in [0.5, 0.6) is 0 Å². The molecular formula is C17H21N3O3S. The van der Waals surface area contributed by atoms with Crippen molar-refractivity contribution in [1.82, 2.24) is 15.1 Å².